The van der Waals surface area contributed by atoms with Gasteiger partial charge in [-0.1, -0.05) is 11.6 Å². The van der Waals surface area contributed by atoms with Crippen LogP contribution in [0.25, 0.3) is 11.0 Å². The third-order valence-electron chi connectivity index (χ3n) is 4.21. The molecule has 3 rings (SSSR count). The number of furan rings is 1. The van der Waals surface area contributed by atoms with Crippen LogP contribution in [0, 0.1) is 6.92 Å². The van der Waals surface area contributed by atoms with Crippen molar-refractivity contribution < 1.29 is 9.21 Å². The summed E-state index contributed by atoms with van der Waals surface area (Å²) in [5, 5.41) is 4.58. The van der Waals surface area contributed by atoms with Crippen LogP contribution in [0.1, 0.15) is 41.8 Å². The Morgan fingerprint density at radius 3 is 2.68 bits per heavy atom. The maximum Gasteiger partial charge on any atom is 0.287 e. The van der Waals surface area contributed by atoms with Crippen molar-refractivity contribution in [3.05, 3.63) is 34.5 Å². The van der Waals surface area contributed by atoms with E-state index >= 15 is 0 Å². The zero-order valence-electron chi connectivity index (χ0n) is 12.4. The Hall–Kier alpha value is -1.23. The zero-order chi connectivity index (χ0) is 15.0. The molecule has 6 heteroatoms. The number of hydrogen-bond acceptors (Lipinski definition) is 3. The first-order valence-corrected chi connectivity index (χ1v) is 7.67. The van der Waals surface area contributed by atoms with Crippen molar-refractivity contribution in [1.29, 1.82) is 0 Å². The molecule has 1 aliphatic carbocycles. The molecule has 0 bridgehead atoms. The number of hydrogen-bond donors (Lipinski definition) is 2. The summed E-state index contributed by atoms with van der Waals surface area (Å²) >= 11 is 5.99. The van der Waals surface area contributed by atoms with Crippen LogP contribution in [0.4, 0.5) is 0 Å². The van der Waals surface area contributed by atoms with Crippen molar-refractivity contribution in [2.75, 3.05) is 0 Å². The minimum absolute atomic E-state index is 0. The second-order valence-corrected chi connectivity index (χ2v) is 6.22. The predicted octanol–water partition coefficient (Wildman–Crippen LogP) is 3.82. The average Bonchev–Trinajstić information content (AvgIpc) is 2.79. The molecule has 1 aliphatic rings. The maximum absolute atomic E-state index is 12.4. The molecule has 1 aromatic carbocycles. The number of benzene rings is 1. The highest BCUT2D eigenvalue weighted by Gasteiger charge is 2.23. The van der Waals surface area contributed by atoms with Gasteiger partial charge in [-0.25, -0.2) is 0 Å². The number of rotatable bonds is 2. The molecule has 1 fully saturated rings. The van der Waals surface area contributed by atoms with Gasteiger partial charge < -0.3 is 15.5 Å². The van der Waals surface area contributed by atoms with E-state index in [0.29, 0.717) is 16.4 Å². The molecule has 0 atom stereocenters. The molecule has 0 saturated heterocycles. The molecule has 0 radical (unpaired) electrons. The monoisotopic (exact) mass is 342 g/mol. The fourth-order valence-corrected chi connectivity index (χ4v) is 3.10. The fraction of sp³-hybridized carbons (Fsp3) is 0.438. The summed E-state index contributed by atoms with van der Waals surface area (Å²) in [4.78, 5) is 12.4. The van der Waals surface area contributed by atoms with Crippen LogP contribution in [-0.4, -0.2) is 18.0 Å². The van der Waals surface area contributed by atoms with Gasteiger partial charge in [0.05, 0.1) is 0 Å². The van der Waals surface area contributed by atoms with Crippen LogP contribution in [0.2, 0.25) is 5.02 Å². The first-order chi connectivity index (χ1) is 10.0. The Morgan fingerprint density at radius 1 is 1.32 bits per heavy atom. The molecule has 1 heterocycles. The Balaban J connectivity index is 0.00000176. The number of nitrogens with one attached hydrogen (secondary N) is 1. The van der Waals surface area contributed by atoms with Gasteiger partial charge in [0, 0.05) is 28.1 Å². The number of carbonyl (C=O) groups is 1. The Kier molecular flexibility index (Phi) is 5.37. The summed E-state index contributed by atoms with van der Waals surface area (Å²) in [7, 11) is 0. The van der Waals surface area contributed by atoms with E-state index in [-0.39, 0.29) is 30.4 Å². The minimum Gasteiger partial charge on any atom is -0.451 e. The molecule has 0 spiro atoms. The van der Waals surface area contributed by atoms with E-state index in [2.05, 4.69) is 5.32 Å². The van der Waals surface area contributed by atoms with Crippen molar-refractivity contribution in [3.8, 4) is 0 Å². The summed E-state index contributed by atoms with van der Waals surface area (Å²) in [6.07, 6.45) is 3.77. The molecule has 120 valence electrons. The smallest absolute Gasteiger partial charge is 0.287 e. The largest absolute Gasteiger partial charge is 0.451 e. The lowest BCUT2D eigenvalue weighted by Crippen LogP contribution is -2.40. The summed E-state index contributed by atoms with van der Waals surface area (Å²) in [5.41, 5.74) is 7.40. The number of halogens is 2. The molecular formula is C16H20Cl2N2O2. The van der Waals surface area contributed by atoms with E-state index in [1.54, 1.807) is 12.1 Å². The van der Waals surface area contributed by atoms with E-state index in [1.807, 2.05) is 13.0 Å². The van der Waals surface area contributed by atoms with Crippen molar-refractivity contribution in [2.45, 2.75) is 44.7 Å². The van der Waals surface area contributed by atoms with Gasteiger partial charge in [0.25, 0.3) is 5.91 Å². The van der Waals surface area contributed by atoms with Crippen LogP contribution in [0.3, 0.4) is 0 Å². The van der Waals surface area contributed by atoms with E-state index < -0.39 is 0 Å². The summed E-state index contributed by atoms with van der Waals surface area (Å²) in [6, 6.07) is 5.84. The number of fused-ring (bicyclic) bond motifs is 1. The summed E-state index contributed by atoms with van der Waals surface area (Å²) in [5.74, 6) is 0.224. The normalized spacial score (nSPS) is 21.4. The quantitative estimate of drug-likeness (QED) is 0.871. The Morgan fingerprint density at radius 2 is 2.00 bits per heavy atom. The van der Waals surface area contributed by atoms with Crippen LogP contribution in [0.5, 0.6) is 0 Å². The van der Waals surface area contributed by atoms with Crippen LogP contribution < -0.4 is 11.1 Å². The lowest BCUT2D eigenvalue weighted by Gasteiger charge is -2.26. The van der Waals surface area contributed by atoms with Gasteiger partial charge in [0.2, 0.25) is 0 Å². The lowest BCUT2D eigenvalue weighted by molar-refractivity contribution is 0.0899. The Labute approximate surface area is 140 Å². The third-order valence-corrected chi connectivity index (χ3v) is 4.45. The molecule has 1 amide bonds. The highest BCUT2D eigenvalue weighted by molar-refractivity contribution is 6.31. The van der Waals surface area contributed by atoms with E-state index in [4.69, 9.17) is 21.8 Å². The van der Waals surface area contributed by atoms with Crippen molar-refractivity contribution in [2.24, 2.45) is 5.73 Å². The van der Waals surface area contributed by atoms with Gasteiger partial charge in [-0.2, -0.15) is 0 Å². The number of amides is 1. The molecule has 1 saturated carbocycles. The standard InChI is InChI=1S/C16H19ClN2O2.ClH/c1-9-13-8-10(17)2-7-14(13)21-15(9)16(20)19-12-5-3-11(18)4-6-12;/h2,7-8,11-12H,3-6,18H2,1H3,(H,19,20);1H. The van der Waals surface area contributed by atoms with E-state index in [0.717, 1.165) is 36.6 Å². The fourth-order valence-electron chi connectivity index (χ4n) is 2.92. The molecule has 4 nitrogen and oxygen atoms in total. The van der Waals surface area contributed by atoms with Gasteiger partial charge in [-0.3, -0.25) is 4.79 Å². The van der Waals surface area contributed by atoms with Crippen molar-refractivity contribution >= 4 is 40.9 Å². The lowest BCUT2D eigenvalue weighted by atomic mass is 9.92. The van der Waals surface area contributed by atoms with E-state index in [1.165, 1.54) is 0 Å². The first kappa shape index (κ1) is 17.1. The summed E-state index contributed by atoms with van der Waals surface area (Å²) < 4.78 is 5.68. The topological polar surface area (TPSA) is 68.3 Å². The molecule has 0 unspecified atom stereocenters. The molecule has 3 N–H and O–H groups in total. The van der Waals surface area contributed by atoms with Gasteiger partial charge in [-0.15, -0.1) is 12.4 Å². The molecular weight excluding hydrogens is 323 g/mol. The third kappa shape index (κ3) is 3.40. The van der Waals surface area contributed by atoms with Gasteiger partial charge in [0.1, 0.15) is 5.58 Å². The number of aryl methyl sites for hydroxylation is 1. The highest BCUT2D eigenvalue weighted by atomic mass is 35.5. The second-order valence-electron chi connectivity index (χ2n) is 5.78. The number of carbonyl (C=O) groups excluding carboxylic acids is 1. The van der Waals surface area contributed by atoms with Gasteiger partial charge in [-0.05, 0) is 50.8 Å². The Bertz CT molecular complexity index is 676. The highest BCUT2D eigenvalue weighted by Crippen LogP contribution is 2.28. The summed E-state index contributed by atoms with van der Waals surface area (Å²) in [6.45, 7) is 1.88. The molecule has 22 heavy (non-hydrogen) atoms. The van der Waals surface area contributed by atoms with Crippen molar-refractivity contribution in [1.82, 2.24) is 5.32 Å². The SMILES string of the molecule is Cc1c(C(=O)NC2CCC(N)CC2)oc2ccc(Cl)cc12.Cl. The maximum atomic E-state index is 12.4. The van der Waals surface area contributed by atoms with Gasteiger partial charge in [0.15, 0.2) is 5.76 Å². The zero-order valence-corrected chi connectivity index (χ0v) is 14.0. The minimum atomic E-state index is -0.153. The molecule has 0 aliphatic heterocycles. The van der Waals surface area contributed by atoms with E-state index in [9.17, 15) is 4.79 Å². The van der Waals surface area contributed by atoms with Crippen LogP contribution in [-0.2, 0) is 0 Å². The molecule has 2 aromatic rings. The van der Waals surface area contributed by atoms with Crippen LogP contribution in [0.15, 0.2) is 22.6 Å². The molecule has 1 aromatic heterocycles. The number of nitrogens with two attached hydrogens (primary N) is 1. The second kappa shape index (κ2) is 6.90. The average molecular weight is 343 g/mol. The first-order valence-electron chi connectivity index (χ1n) is 7.29. The van der Waals surface area contributed by atoms with Gasteiger partial charge >= 0.3 is 0 Å². The van der Waals surface area contributed by atoms with Crippen LogP contribution >= 0.6 is 24.0 Å². The van der Waals surface area contributed by atoms with Crippen molar-refractivity contribution in [3.63, 3.8) is 0 Å². The predicted molar refractivity (Wildman–Crippen MR) is 90.9 cm³/mol.